The second kappa shape index (κ2) is 7.39. The zero-order valence-corrected chi connectivity index (χ0v) is 11.9. The minimum Gasteiger partial charge on any atom is -0.455 e. The third-order valence-electron chi connectivity index (χ3n) is 3.11. The first-order valence-corrected chi connectivity index (χ1v) is 6.98. The smallest absolute Gasteiger partial charge is 0.309 e. The first kappa shape index (κ1) is 15.7. The highest BCUT2D eigenvalue weighted by Gasteiger charge is 2.31. The molecule has 0 aliphatic heterocycles. The molecule has 0 radical (unpaired) electrons. The Balaban J connectivity index is 1.58. The van der Waals surface area contributed by atoms with Crippen LogP contribution in [0.1, 0.15) is 12.8 Å². The van der Waals surface area contributed by atoms with Crippen molar-refractivity contribution in [3.63, 3.8) is 0 Å². The molecule has 1 aromatic rings. The molecule has 2 N–H and O–H groups in total. The van der Waals surface area contributed by atoms with Crippen LogP contribution in [0.2, 0.25) is 0 Å². The fraction of sp³-hybridized carbons (Fsp3) is 0.429. The van der Waals surface area contributed by atoms with Crippen LogP contribution in [0.4, 0.5) is 11.4 Å². The van der Waals surface area contributed by atoms with E-state index in [0.29, 0.717) is 13.1 Å². The molecule has 1 aliphatic carbocycles. The summed E-state index contributed by atoms with van der Waals surface area (Å²) in [4.78, 5) is 32.7. The Kier molecular flexibility index (Phi) is 5.29. The van der Waals surface area contributed by atoms with Gasteiger partial charge in [-0.3, -0.25) is 19.7 Å². The lowest BCUT2D eigenvalue weighted by Gasteiger charge is -2.08. The minimum atomic E-state index is -0.465. The Labute approximate surface area is 127 Å². The average Bonchev–Trinajstić information content (AvgIpc) is 3.34. The molecule has 0 saturated heterocycles. The van der Waals surface area contributed by atoms with Gasteiger partial charge in [0.1, 0.15) is 0 Å². The normalized spacial score (nSPS) is 13.3. The lowest BCUT2D eigenvalue weighted by molar-refractivity contribution is -0.384. The number of non-ortho nitro benzene ring substituents is 1. The maximum atomic E-state index is 11.4. The summed E-state index contributed by atoms with van der Waals surface area (Å²) in [5.74, 6) is -0.671. The van der Waals surface area contributed by atoms with Crippen LogP contribution in [0.3, 0.4) is 0 Å². The lowest BCUT2D eigenvalue weighted by Crippen LogP contribution is -2.32. The van der Waals surface area contributed by atoms with Gasteiger partial charge in [-0.15, -0.1) is 0 Å². The van der Waals surface area contributed by atoms with Gasteiger partial charge in [0.2, 0.25) is 0 Å². The molecule has 0 spiro atoms. The van der Waals surface area contributed by atoms with Gasteiger partial charge in [-0.2, -0.15) is 0 Å². The zero-order chi connectivity index (χ0) is 15.9. The highest BCUT2D eigenvalue weighted by Crippen LogP contribution is 2.29. The zero-order valence-electron chi connectivity index (χ0n) is 11.9. The van der Waals surface area contributed by atoms with E-state index >= 15 is 0 Å². The maximum Gasteiger partial charge on any atom is 0.309 e. The first-order chi connectivity index (χ1) is 10.6. The number of rotatable bonds is 8. The fourth-order valence-corrected chi connectivity index (χ4v) is 1.73. The Morgan fingerprint density at radius 3 is 2.50 bits per heavy atom. The van der Waals surface area contributed by atoms with Gasteiger partial charge in [0.15, 0.2) is 6.61 Å². The predicted octanol–water partition coefficient (Wildman–Crippen LogP) is 1.08. The van der Waals surface area contributed by atoms with E-state index in [1.165, 1.54) is 12.1 Å². The summed E-state index contributed by atoms with van der Waals surface area (Å²) in [5.41, 5.74) is 0.747. The molecule has 0 unspecified atom stereocenters. The standard InChI is InChI=1S/C14H17N3O5/c18-13(9-22-14(19)10-1-2-10)16-8-7-15-11-3-5-12(6-4-11)17(20)21/h3-6,10,15H,1-2,7-9H2,(H,16,18). The van der Waals surface area contributed by atoms with E-state index in [1.807, 2.05) is 0 Å². The van der Waals surface area contributed by atoms with Gasteiger partial charge in [0.25, 0.3) is 11.6 Å². The molecule has 0 bridgehead atoms. The lowest BCUT2D eigenvalue weighted by atomic mass is 10.3. The molecule has 0 heterocycles. The number of nitro benzene ring substituents is 1. The number of hydrogen-bond acceptors (Lipinski definition) is 6. The molecule has 0 atom stereocenters. The molecule has 118 valence electrons. The molecule has 0 aromatic heterocycles. The number of nitrogens with one attached hydrogen (secondary N) is 2. The molecule has 8 heteroatoms. The number of anilines is 1. The number of nitrogens with zero attached hydrogens (tertiary/aromatic N) is 1. The SMILES string of the molecule is O=C(COC(=O)C1CC1)NCCNc1ccc([N+](=O)[O-])cc1. The number of hydrogen-bond donors (Lipinski definition) is 2. The van der Waals surface area contributed by atoms with Crippen molar-refractivity contribution in [2.24, 2.45) is 5.92 Å². The van der Waals surface area contributed by atoms with Gasteiger partial charge in [-0.05, 0) is 25.0 Å². The quantitative estimate of drug-likeness (QED) is 0.322. The van der Waals surface area contributed by atoms with E-state index in [4.69, 9.17) is 4.74 Å². The van der Waals surface area contributed by atoms with Gasteiger partial charge < -0.3 is 15.4 Å². The Hall–Kier alpha value is -2.64. The number of nitro groups is 1. The number of amides is 1. The van der Waals surface area contributed by atoms with Gasteiger partial charge in [-0.1, -0.05) is 0 Å². The molecule has 1 aromatic carbocycles. The summed E-state index contributed by atoms with van der Waals surface area (Å²) in [6.07, 6.45) is 1.69. The summed E-state index contributed by atoms with van der Waals surface area (Å²) in [6.45, 7) is 0.559. The maximum absolute atomic E-state index is 11.4. The minimum absolute atomic E-state index is 0.0170. The van der Waals surface area contributed by atoms with Crippen molar-refractivity contribution in [1.29, 1.82) is 0 Å². The number of esters is 1. The molecular formula is C14H17N3O5. The molecule has 8 nitrogen and oxygen atoms in total. The van der Waals surface area contributed by atoms with Gasteiger partial charge >= 0.3 is 5.97 Å². The second-order valence-electron chi connectivity index (χ2n) is 4.96. The van der Waals surface area contributed by atoms with E-state index < -0.39 is 4.92 Å². The van der Waals surface area contributed by atoms with Gasteiger partial charge in [0, 0.05) is 30.9 Å². The van der Waals surface area contributed by atoms with Crippen LogP contribution in [0.5, 0.6) is 0 Å². The van der Waals surface area contributed by atoms with E-state index in [-0.39, 0.29) is 30.1 Å². The number of ether oxygens (including phenoxy) is 1. The van der Waals surface area contributed by atoms with Crippen LogP contribution in [0.25, 0.3) is 0 Å². The first-order valence-electron chi connectivity index (χ1n) is 6.98. The monoisotopic (exact) mass is 307 g/mol. The molecule has 22 heavy (non-hydrogen) atoms. The Morgan fingerprint density at radius 1 is 1.23 bits per heavy atom. The van der Waals surface area contributed by atoms with Crippen LogP contribution in [-0.2, 0) is 14.3 Å². The van der Waals surface area contributed by atoms with E-state index in [2.05, 4.69) is 10.6 Å². The van der Waals surface area contributed by atoms with Gasteiger partial charge in [-0.25, -0.2) is 0 Å². The number of carbonyl (C=O) groups excluding carboxylic acids is 2. The van der Waals surface area contributed by atoms with Crippen LogP contribution in [0, 0.1) is 16.0 Å². The largest absolute Gasteiger partial charge is 0.455 e. The summed E-state index contributed by atoms with van der Waals surface area (Å²) in [7, 11) is 0. The number of carbonyl (C=O) groups is 2. The van der Waals surface area contributed by atoms with Crippen molar-refractivity contribution < 1.29 is 19.2 Å². The van der Waals surface area contributed by atoms with E-state index in [0.717, 1.165) is 18.5 Å². The fourth-order valence-electron chi connectivity index (χ4n) is 1.73. The van der Waals surface area contributed by atoms with Crippen molar-refractivity contribution in [3.8, 4) is 0 Å². The Morgan fingerprint density at radius 2 is 1.91 bits per heavy atom. The third kappa shape index (κ3) is 5.04. The molecule has 2 rings (SSSR count). The van der Waals surface area contributed by atoms with Crippen molar-refractivity contribution >= 4 is 23.3 Å². The molecule has 1 fully saturated rings. The van der Waals surface area contributed by atoms with Crippen LogP contribution in [0.15, 0.2) is 24.3 Å². The molecular weight excluding hydrogens is 290 g/mol. The van der Waals surface area contributed by atoms with E-state index in [1.54, 1.807) is 12.1 Å². The van der Waals surface area contributed by atoms with Crippen molar-refractivity contribution in [2.45, 2.75) is 12.8 Å². The summed E-state index contributed by atoms with van der Waals surface area (Å²) in [6, 6.07) is 5.99. The van der Waals surface area contributed by atoms with Gasteiger partial charge in [0.05, 0.1) is 10.8 Å². The van der Waals surface area contributed by atoms with Crippen LogP contribution < -0.4 is 10.6 Å². The molecule has 1 saturated carbocycles. The number of benzene rings is 1. The summed E-state index contributed by atoms with van der Waals surface area (Å²) in [5, 5.41) is 16.1. The highest BCUT2D eigenvalue weighted by molar-refractivity contribution is 5.82. The van der Waals surface area contributed by atoms with Crippen molar-refractivity contribution in [2.75, 3.05) is 25.0 Å². The predicted molar refractivity (Wildman–Crippen MR) is 78.3 cm³/mol. The molecule has 1 aliphatic rings. The summed E-state index contributed by atoms with van der Waals surface area (Å²) >= 11 is 0. The van der Waals surface area contributed by atoms with Crippen LogP contribution >= 0.6 is 0 Å². The molecule has 1 amide bonds. The Bertz CT molecular complexity index is 554. The second-order valence-corrected chi connectivity index (χ2v) is 4.96. The van der Waals surface area contributed by atoms with Crippen molar-refractivity contribution in [3.05, 3.63) is 34.4 Å². The topological polar surface area (TPSA) is 111 Å². The van der Waals surface area contributed by atoms with Crippen LogP contribution in [-0.4, -0.2) is 36.5 Å². The third-order valence-corrected chi connectivity index (χ3v) is 3.11. The average molecular weight is 307 g/mol. The van der Waals surface area contributed by atoms with Crippen molar-refractivity contribution in [1.82, 2.24) is 5.32 Å². The van der Waals surface area contributed by atoms with E-state index in [9.17, 15) is 19.7 Å². The highest BCUT2D eigenvalue weighted by atomic mass is 16.6. The summed E-state index contributed by atoms with van der Waals surface area (Å²) < 4.78 is 4.84.